The van der Waals surface area contributed by atoms with Crippen molar-refractivity contribution in [2.75, 3.05) is 25.1 Å². The van der Waals surface area contributed by atoms with Crippen molar-refractivity contribution in [2.24, 2.45) is 0 Å². The molecule has 1 saturated heterocycles. The lowest BCUT2D eigenvalue weighted by Crippen LogP contribution is -2.42. The van der Waals surface area contributed by atoms with E-state index in [0.29, 0.717) is 11.1 Å². The van der Waals surface area contributed by atoms with E-state index in [1.165, 1.54) is 41.2 Å². The molecule has 5 nitrogen and oxygen atoms in total. The maximum absolute atomic E-state index is 13.6. The second kappa shape index (κ2) is 8.73. The molecule has 0 N–H and O–H groups in total. The highest BCUT2D eigenvalue weighted by Gasteiger charge is 2.32. The highest BCUT2D eigenvalue weighted by Crippen LogP contribution is 2.31. The largest absolute Gasteiger partial charge is 0.465 e. The molecule has 0 aromatic heterocycles. The topological polar surface area (TPSA) is 49.9 Å². The standard InChI is InChI=1S/C21H20F4N2O3/c1-30-19(28)15-4-2-14(3-5-15)12-27(20(29)26-11-10-17(22)13-26)18-8-6-16(7-9-18)21(23,24)25/h2-9,17H,10-13H2,1H3/t17-/m0/s1. The fraction of sp³-hybridized carbons (Fsp3) is 0.333. The zero-order chi connectivity index (χ0) is 21.9. The Kier molecular flexibility index (Phi) is 6.28. The molecule has 1 fully saturated rings. The summed E-state index contributed by atoms with van der Waals surface area (Å²) in [7, 11) is 1.26. The minimum Gasteiger partial charge on any atom is -0.465 e. The Morgan fingerprint density at radius 3 is 2.23 bits per heavy atom. The lowest BCUT2D eigenvalue weighted by atomic mass is 10.1. The summed E-state index contributed by atoms with van der Waals surface area (Å²) in [5.74, 6) is -0.511. The summed E-state index contributed by atoms with van der Waals surface area (Å²) < 4.78 is 56.9. The smallest absolute Gasteiger partial charge is 0.416 e. The van der Waals surface area contributed by atoms with Gasteiger partial charge in [0.2, 0.25) is 0 Å². The second-order valence-corrected chi connectivity index (χ2v) is 6.93. The van der Waals surface area contributed by atoms with Crippen LogP contribution in [-0.4, -0.2) is 43.3 Å². The molecule has 2 amide bonds. The molecule has 160 valence electrons. The molecular weight excluding hydrogens is 404 g/mol. The molecule has 2 aromatic rings. The predicted octanol–water partition coefficient (Wildman–Crippen LogP) is 4.66. The summed E-state index contributed by atoms with van der Waals surface area (Å²) in [5.41, 5.74) is 0.402. The van der Waals surface area contributed by atoms with Crippen LogP contribution in [0, 0.1) is 0 Å². The Morgan fingerprint density at radius 1 is 1.10 bits per heavy atom. The van der Waals surface area contributed by atoms with Crippen LogP contribution in [0.15, 0.2) is 48.5 Å². The first-order chi connectivity index (χ1) is 14.2. The number of nitrogens with zero attached hydrogens (tertiary/aromatic N) is 2. The number of rotatable bonds is 4. The Balaban J connectivity index is 1.87. The molecule has 0 unspecified atom stereocenters. The van der Waals surface area contributed by atoms with Crippen molar-refractivity contribution in [1.82, 2.24) is 4.90 Å². The summed E-state index contributed by atoms with van der Waals surface area (Å²) in [5, 5.41) is 0. The summed E-state index contributed by atoms with van der Waals surface area (Å²) in [4.78, 5) is 27.2. The van der Waals surface area contributed by atoms with Gasteiger partial charge in [0.15, 0.2) is 0 Å². The Bertz CT molecular complexity index is 898. The van der Waals surface area contributed by atoms with Gasteiger partial charge in [0.25, 0.3) is 0 Å². The van der Waals surface area contributed by atoms with Crippen molar-refractivity contribution in [3.8, 4) is 0 Å². The monoisotopic (exact) mass is 424 g/mol. The molecule has 0 spiro atoms. The van der Waals surface area contributed by atoms with Gasteiger partial charge in [-0.1, -0.05) is 12.1 Å². The van der Waals surface area contributed by atoms with E-state index in [9.17, 15) is 27.2 Å². The number of anilines is 1. The number of benzene rings is 2. The van der Waals surface area contributed by atoms with Gasteiger partial charge in [0.1, 0.15) is 6.17 Å². The van der Waals surface area contributed by atoms with Crippen LogP contribution in [0.2, 0.25) is 0 Å². The Hall–Kier alpha value is -3.10. The molecule has 1 aliphatic rings. The number of amides is 2. The maximum atomic E-state index is 13.6. The molecule has 9 heteroatoms. The predicted molar refractivity (Wildman–Crippen MR) is 102 cm³/mol. The van der Waals surface area contributed by atoms with Crippen LogP contribution in [0.5, 0.6) is 0 Å². The molecule has 0 aliphatic carbocycles. The zero-order valence-corrected chi connectivity index (χ0v) is 16.2. The fourth-order valence-corrected chi connectivity index (χ4v) is 3.21. The van der Waals surface area contributed by atoms with E-state index < -0.39 is 29.9 Å². The van der Waals surface area contributed by atoms with Crippen molar-refractivity contribution in [2.45, 2.75) is 25.3 Å². The maximum Gasteiger partial charge on any atom is 0.416 e. The van der Waals surface area contributed by atoms with Crippen LogP contribution in [0.1, 0.15) is 27.9 Å². The first kappa shape index (κ1) is 21.6. The van der Waals surface area contributed by atoms with Crippen molar-refractivity contribution in [1.29, 1.82) is 0 Å². The van der Waals surface area contributed by atoms with Crippen molar-refractivity contribution in [3.63, 3.8) is 0 Å². The summed E-state index contributed by atoms with van der Waals surface area (Å²) in [6.45, 7) is 0.217. The molecule has 2 aromatic carbocycles. The highest BCUT2D eigenvalue weighted by atomic mass is 19.4. The van der Waals surface area contributed by atoms with Gasteiger partial charge >= 0.3 is 18.2 Å². The number of urea groups is 1. The van der Waals surface area contributed by atoms with Gasteiger partial charge in [-0.25, -0.2) is 14.0 Å². The van der Waals surface area contributed by atoms with Gasteiger partial charge in [-0.3, -0.25) is 4.90 Å². The van der Waals surface area contributed by atoms with Crippen LogP contribution >= 0.6 is 0 Å². The number of methoxy groups -OCH3 is 1. The Labute approximate surface area is 170 Å². The van der Waals surface area contributed by atoms with Crippen LogP contribution in [0.25, 0.3) is 0 Å². The van der Waals surface area contributed by atoms with Gasteiger partial charge in [0.05, 0.1) is 31.3 Å². The SMILES string of the molecule is COC(=O)c1ccc(CN(C(=O)N2CC[C@H](F)C2)c2ccc(C(F)(F)F)cc2)cc1. The first-order valence-electron chi connectivity index (χ1n) is 9.24. The molecule has 1 heterocycles. The van der Waals surface area contributed by atoms with Crippen molar-refractivity contribution in [3.05, 3.63) is 65.2 Å². The molecule has 3 rings (SSSR count). The van der Waals surface area contributed by atoms with Crippen LogP contribution in [0.3, 0.4) is 0 Å². The Morgan fingerprint density at radius 2 is 1.73 bits per heavy atom. The van der Waals surface area contributed by atoms with E-state index in [-0.39, 0.29) is 31.7 Å². The molecule has 0 bridgehead atoms. The van der Waals surface area contributed by atoms with Crippen molar-refractivity contribution < 1.29 is 31.9 Å². The number of hydrogen-bond acceptors (Lipinski definition) is 3. The summed E-state index contributed by atoms with van der Waals surface area (Å²) in [6.07, 6.45) is -5.39. The third-order valence-electron chi connectivity index (χ3n) is 4.85. The van der Waals surface area contributed by atoms with E-state index in [1.54, 1.807) is 12.1 Å². The van der Waals surface area contributed by atoms with E-state index in [0.717, 1.165) is 12.1 Å². The zero-order valence-electron chi connectivity index (χ0n) is 16.2. The minimum atomic E-state index is -4.49. The molecule has 30 heavy (non-hydrogen) atoms. The average Bonchev–Trinajstić information content (AvgIpc) is 3.17. The normalized spacial score (nSPS) is 16.4. The molecule has 1 aliphatic heterocycles. The lowest BCUT2D eigenvalue weighted by molar-refractivity contribution is -0.137. The number of likely N-dealkylation sites (tertiary alicyclic amines) is 1. The summed E-state index contributed by atoms with van der Waals surface area (Å²) >= 11 is 0. The highest BCUT2D eigenvalue weighted by molar-refractivity contribution is 5.92. The number of hydrogen-bond donors (Lipinski definition) is 0. The average molecular weight is 424 g/mol. The lowest BCUT2D eigenvalue weighted by Gasteiger charge is -2.28. The van der Waals surface area contributed by atoms with Crippen LogP contribution < -0.4 is 4.90 Å². The number of halogens is 4. The van der Waals surface area contributed by atoms with Crippen LogP contribution in [-0.2, 0) is 17.5 Å². The number of ether oxygens (including phenoxy) is 1. The number of carbonyl (C=O) groups is 2. The minimum absolute atomic E-state index is 0.0408. The summed E-state index contributed by atoms with van der Waals surface area (Å²) in [6, 6.07) is 10.0. The number of esters is 1. The van der Waals surface area contributed by atoms with Gasteiger partial charge in [0, 0.05) is 12.2 Å². The van der Waals surface area contributed by atoms with Gasteiger partial charge in [-0.15, -0.1) is 0 Å². The van der Waals surface area contributed by atoms with E-state index >= 15 is 0 Å². The molecular formula is C21H20F4N2O3. The quantitative estimate of drug-likeness (QED) is 0.530. The van der Waals surface area contributed by atoms with E-state index in [2.05, 4.69) is 4.74 Å². The van der Waals surface area contributed by atoms with E-state index in [4.69, 9.17) is 0 Å². The molecule has 0 saturated carbocycles. The molecule has 0 radical (unpaired) electrons. The third-order valence-corrected chi connectivity index (χ3v) is 4.85. The van der Waals surface area contributed by atoms with Crippen molar-refractivity contribution >= 4 is 17.7 Å². The molecule has 1 atom stereocenters. The number of carbonyl (C=O) groups excluding carboxylic acids is 2. The van der Waals surface area contributed by atoms with Crippen LogP contribution in [0.4, 0.5) is 28.0 Å². The van der Waals surface area contributed by atoms with Gasteiger partial charge in [-0.2, -0.15) is 13.2 Å². The van der Waals surface area contributed by atoms with Gasteiger partial charge in [-0.05, 0) is 48.4 Å². The number of alkyl halides is 4. The fourth-order valence-electron chi connectivity index (χ4n) is 3.21. The first-order valence-corrected chi connectivity index (χ1v) is 9.24. The second-order valence-electron chi connectivity index (χ2n) is 6.93. The van der Waals surface area contributed by atoms with Gasteiger partial charge < -0.3 is 9.64 Å². The van der Waals surface area contributed by atoms with E-state index in [1.807, 2.05) is 0 Å². The third kappa shape index (κ3) is 4.90.